The van der Waals surface area contributed by atoms with Crippen molar-refractivity contribution in [1.29, 1.82) is 0 Å². The van der Waals surface area contributed by atoms with Gasteiger partial charge in [-0.25, -0.2) is 0 Å². The van der Waals surface area contributed by atoms with Crippen LogP contribution in [0.5, 0.6) is 0 Å². The van der Waals surface area contributed by atoms with Gasteiger partial charge in [0.1, 0.15) is 0 Å². The molecule has 3 rings (SSSR count). The van der Waals surface area contributed by atoms with Crippen molar-refractivity contribution in [3.05, 3.63) is 102 Å². The predicted molar refractivity (Wildman–Crippen MR) is 115 cm³/mol. The van der Waals surface area contributed by atoms with Gasteiger partial charge in [-0.1, -0.05) is 72.8 Å². The molecule has 0 saturated heterocycles. The highest BCUT2D eigenvalue weighted by atomic mass is 32.2. The van der Waals surface area contributed by atoms with E-state index in [1.165, 1.54) is 11.1 Å². The number of carbonyl (C=O) groups is 2. The zero-order valence-electron chi connectivity index (χ0n) is 15.4. The van der Waals surface area contributed by atoms with Gasteiger partial charge in [-0.15, -0.1) is 11.8 Å². The number of rotatable bonds is 8. The van der Waals surface area contributed by atoms with Crippen molar-refractivity contribution >= 4 is 29.3 Å². The lowest BCUT2D eigenvalue weighted by Gasteiger charge is -2.17. The lowest BCUT2D eigenvalue weighted by atomic mass is 10.0. The number of thioether (sulfide) groups is 1. The number of anilines is 1. The minimum Gasteiger partial charge on any atom is -0.369 e. The number of primary amides is 1. The minimum atomic E-state index is -0.374. The Morgan fingerprint density at radius 1 is 0.821 bits per heavy atom. The summed E-state index contributed by atoms with van der Waals surface area (Å²) in [5, 5.41) is 2.99. The monoisotopic (exact) mass is 390 g/mol. The smallest absolute Gasteiger partial charge is 0.234 e. The molecular weight excluding hydrogens is 368 g/mol. The molecule has 0 fully saturated rings. The molecule has 3 aromatic carbocycles. The van der Waals surface area contributed by atoms with Gasteiger partial charge in [-0.05, 0) is 28.8 Å². The molecule has 0 saturated carbocycles. The van der Waals surface area contributed by atoms with Crippen molar-refractivity contribution in [1.82, 2.24) is 0 Å². The third kappa shape index (κ3) is 5.72. The Labute approximate surface area is 169 Å². The van der Waals surface area contributed by atoms with Crippen molar-refractivity contribution < 1.29 is 9.59 Å². The zero-order chi connectivity index (χ0) is 19.8. The first kappa shape index (κ1) is 19.7. The van der Waals surface area contributed by atoms with E-state index in [0.717, 1.165) is 5.56 Å². The molecule has 28 heavy (non-hydrogen) atoms. The fourth-order valence-corrected chi connectivity index (χ4v) is 3.99. The van der Waals surface area contributed by atoms with E-state index in [9.17, 15) is 9.59 Å². The van der Waals surface area contributed by atoms with Gasteiger partial charge in [0.2, 0.25) is 11.8 Å². The standard InChI is InChI=1S/C23H22N2O2S/c24-21(26)15-17-11-13-20(14-12-17)25-22(27)16-28-23(18-7-3-1-4-8-18)19-9-5-2-6-10-19/h1-14,23H,15-16H2,(H2,24,26)(H,25,27). The van der Waals surface area contributed by atoms with Gasteiger partial charge in [0, 0.05) is 5.69 Å². The van der Waals surface area contributed by atoms with E-state index >= 15 is 0 Å². The summed E-state index contributed by atoms with van der Waals surface area (Å²) in [6.45, 7) is 0. The first-order chi connectivity index (χ1) is 13.6. The highest BCUT2D eigenvalue weighted by Crippen LogP contribution is 2.35. The Balaban J connectivity index is 1.63. The van der Waals surface area contributed by atoms with Gasteiger partial charge in [0.05, 0.1) is 17.4 Å². The molecule has 142 valence electrons. The molecule has 3 N–H and O–H groups in total. The molecule has 5 heteroatoms. The van der Waals surface area contributed by atoms with Crippen LogP contribution in [0.3, 0.4) is 0 Å². The fourth-order valence-electron chi connectivity index (χ4n) is 2.90. The van der Waals surface area contributed by atoms with Crippen LogP contribution in [0, 0.1) is 0 Å². The average molecular weight is 391 g/mol. The molecule has 0 unspecified atom stereocenters. The third-order valence-electron chi connectivity index (χ3n) is 4.20. The second-order valence-electron chi connectivity index (χ2n) is 6.40. The molecule has 3 aromatic rings. The predicted octanol–water partition coefficient (Wildman–Crippen LogP) is 4.18. The molecule has 0 aromatic heterocycles. The van der Waals surface area contributed by atoms with Gasteiger partial charge in [0.15, 0.2) is 0 Å². The first-order valence-corrected chi connectivity index (χ1v) is 10.1. The maximum Gasteiger partial charge on any atom is 0.234 e. The Kier molecular flexibility index (Phi) is 6.87. The summed E-state index contributed by atoms with van der Waals surface area (Å²) in [5.74, 6) is -0.108. The quantitative estimate of drug-likeness (QED) is 0.606. The normalized spacial score (nSPS) is 10.6. The molecule has 0 atom stereocenters. The summed E-state index contributed by atoms with van der Waals surface area (Å²) in [4.78, 5) is 23.4. The topological polar surface area (TPSA) is 72.2 Å². The van der Waals surface area contributed by atoms with Crippen LogP contribution in [0.15, 0.2) is 84.9 Å². The van der Waals surface area contributed by atoms with Crippen LogP contribution in [0.2, 0.25) is 0 Å². The molecular formula is C23H22N2O2S. The summed E-state index contributed by atoms with van der Waals surface area (Å²) in [7, 11) is 0. The SMILES string of the molecule is NC(=O)Cc1ccc(NC(=O)CSC(c2ccccc2)c2ccccc2)cc1. The van der Waals surface area contributed by atoms with Crippen molar-refractivity contribution in [2.45, 2.75) is 11.7 Å². The third-order valence-corrected chi connectivity index (χ3v) is 5.51. The molecule has 0 bridgehead atoms. The van der Waals surface area contributed by atoms with Crippen molar-refractivity contribution in [3.63, 3.8) is 0 Å². The molecule has 0 radical (unpaired) electrons. The van der Waals surface area contributed by atoms with Crippen LogP contribution in [-0.2, 0) is 16.0 Å². The van der Waals surface area contributed by atoms with E-state index in [2.05, 4.69) is 29.6 Å². The average Bonchev–Trinajstić information content (AvgIpc) is 2.71. The molecule has 2 amide bonds. The van der Waals surface area contributed by atoms with Crippen LogP contribution in [0.1, 0.15) is 21.9 Å². The van der Waals surface area contributed by atoms with Gasteiger partial charge >= 0.3 is 0 Å². The molecule has 0 aliphatic heterocycles. The number of amides is 2. The van der Waals surface area contributed by atoms with E-state index in [-0.39, 0.29) is 23.5 Å². The van der Waals surface area contributed by atoms with Crippen molar-refractivity contribution in [2.24, 2.45) is 5.73 Å². The highest BCUT2D eigenvalue weighted by Gasteiger charge is 2.16. The van der Waals surface area contributed by atoms with Gasteiger partial charge in [-0.2, -0.15) is 0 Å². The van der Waals surface area contributed by atoms with Crippen LogP contribution in [0.4, 0.5) is 5.69 Å². The number of nitrogens with one attached hydrogen (secondary N) is 1. The number of carbonyl (C=O) groups excluding carboxylic acids is 2. The summed E-state index contributed by atoms with van der Waals surface area (Å²) >= 11 is 1.59. The molecule has 4 nitrogen and oxygen atoms in total. The van der Waals surface area contributed by atoms with Gasteiger partial charge in [-0.3, -0.25) is 9.59 Å². The maximum atomic E-state index is 12.4. The van der Waals surface area contributed by atoms with E-state index < -0.39 is 0 Å². The maximum absolute atomic E-state index is 12.4. The first-order valence-electron chi connectivity index (χ1n) is 9.00. The minimum absolute atomic E-state index is 0.0653. The number of hydrogen-bond donors (Lipinski definition) is 2. The van der Waals surface area contributed by atoms with Crippen molar-refractivity contribution in [2.75, 3.05) is 11.1 Å². The van der Waals surface area contributed by atoms with Gasteiger partial charge in [0.25, 0.3) is 0 Å². The van der Waals surface area contributed by atoms with E-state index in [1.807, 2.05) is 36.4 Å². The molecule has 0 aliphatic carbocycles. The van der Waals surface area contributed by atoms with Crippen LogP contribution in [-0.4, -0.2) is 17.6 Å². The number of hydrogen-bond acceptors (Lipinski definition) is 3. The fraction of sp³-hybridized carbons (Fsp3) is 0.130. The van der Waals surface area contributed by atoms with Crippen LogP contribution >= 0.6 is 11.8 Å². The Morgan fingerprint density at radius 2 is 1.36 bits per heavy atom. The summed E-state index contributed by atoms with van der Waals surface area (Å²) in [5.41, 5.74) is 9.06. The second kappa shape index (κ2) is 9.76. The van der Waals surface area contributed by atoms with Crippen LogP contribution in [0.25, 0.3) is 0 Å². The summed E-state index contributed by atoms with van der Waals surface area (Å²) in [6.07, 6.45) is 0.194. The van der Waals surface area contributed by atoms with Gasteiger partial charge < -0.3 is 11.1 Å². The molecule has 0 aliphatic rings. The lowest BCUT2D eigenvalue weighted by molar-refractivity contribution is -0.117. The number of nitrogens with two attached hydrogens (primary N) is 1. The largest absolute Gasteiger partial charge is 0.369 e. The van der Waals surface area contributed by atoms with E-state index in [4.69, 9.17) is 5.73 Å². The Morgan fingerprint density at radius 3 is 1.86 bits per heavy atom. The van der Waals surface area contributed by atoms with E-state index in [0.29, 0.717) is 11.4 Å². The van der Waals surface area contributed by atoms with Crippen molar-refractivity contribution in [3.8, 4) is 0 Å². The Bertz CT molecular complexity index is 873. The number of benzene rings is 3. The van der Waals surface area contributed by atoms with Crippen LogP contribution < -0.4 is 11.1 Å². The lowest BCUT2D eigenvalue weighted by Crippen LogP contribution is -2.16. The summed E-state index contributed by atoms with van der Waals surface area (Å²) < 4.78 is 0. The summed E-state index contributed by atoms with van der Waals surface area (Å²) in [6, 6.07) is 27.5. The molecule has 0 spiro atoms. The zero-order valence-corrected chi connectivity index (χ0v) is 16.2. The molecule has 0 heterocycles. The Hall–Kier alpha value is -3.05. The van der Waals surface area contributed by atoms with E-state index in [1.54, 1.807) is 36.0 Å². The second-order valence-corrected chi connectivity index (χ2v) is 7.49. The highest BCUT2D eigenvalue weighted by molar-refractivity contribution is 8.00.